The van der Waals surface area contributed by atoms with Crippen LogP contribution in [0.4, 0.5) is 0 Å². The van der Waals surface area contributed by atoms with Gasteiger partial charge in [0.15, 0.2) is 0 Å². The van der Waals surface area contributed by atoms with Gasteiger partial charge in [0.05, 0.1) is 10.7 Å². The van der Waals surface area contributed by atoms with Crippen LogP contribution >= 0.6 is 27.3 Å². The summed E-state index contributed by atoms with van der Waals surface area (Å²) in [4.78, 5) is 15.5. The lowest BCUT2D eigenvalue weighted by Crippen LogP contribution is -1.92. The quantitative estimate of drug-likeness (QED) is 0.811. The lowest BCUT2D eigenvalue weighted by Gasteiger charge is -1.99. The van der Waals surface area contributed by atoms with Gasteiger partial charge in [0.25, 0.3) is 0 Å². The molecule has 0 radical (unpaired) electrons. The van der Waals surface area contributed by atoms with Crippen LogP contribution in [-0.2, 0) is 11.2 Å². The zero-order chi connectivity index (χ0) is 13.0. The van der Waals surface area contributed by atoms with Gasteiger partial charge in [0.2, 0.25) is 0 Å². The van der Waals surface area contributed by atoms with Gasteiger partial charge in [-0.3, -0.25) is 0 Å². The maximum atomic E-state index is 10.9. The molecule has 0 fully saturated rings. The predicted molar refractivity (Wildman–Crippen MR) is 78.9 cm³/mol. The molecule has 0 aliphatic heterocycles. The van der Waals surface area contributed by atoms with Crippen molar-refractivity contribution < 1.29 is 4.79 Å². The molecule has 0 aliphatic carbocycles. The van der Waals surface area contributed by atoms with Gasteiger partial charge in [0, 0.05) is 21.8 Å². The lowest BCUT2D eigenvalue weighted by atomic mass is 10.2. The Morgan fingerprint density at radius 2 is 2.17 bits per heavy atom. The molecule has 1 heterocycles. The van der Waals surface area contributed by atoms with Crippen LogP contribution in [0.2, 0.25) is 0 Å². The highest BCUT2D eigenvalue weighted by molar-refractivity contribution is 9.10. The van der Waals surface area contributed by atoms with Crippen LogP contribution in [0.1, 0.15) is 24.8 Å². The Bertz CT molecular complexity index is 550. The minimum absolute atomic E-state index is 0.248. The van der Waals surface area contributed by atoms with Gasteiger partial charge in [-0.05, 0) is 25.8 Å². The summed E-state index contributed by atoms with van der Waals surface area (Å²) in [5.41, 5.74) is 2.12. The molecule has 0 saturated carbocycles. The van der Waals surface area contributed by atoms with E-state index in [-0.39, 0.29) is 5.78 Å². The van der Waals surface area contributed by atoms with E-state index in [9.17, 15) is 4.79 Å². The smallest absolute Gasteiger partial charge is 0.129 e. The molecular formula is C14H14BrNOS. The molecule has 1 aromatic heterocycles. The summed E-state index contributed by atoms with van der Waals surface area (Å²) in [6.07, 6.45) is 2.41. The molecule has 0 atom stereocenters. The molecule has 0 amide bonds. The fraction of sp³-hybridized carbons (Fsp3) is 0.286. The number of halogens is 1. The van der Waals surface area contributed by atoms with E-state index in [0.717, 1.165) is 33.6 Å². The van der Waals surface area contributed by atoms with Crippen LogP contribution in [0.15, 0.2) is 34.1 Å². The molecule has 0 spiro atoms. The van der Waals surface area contributed by atoms with Gasteiger partial charge in [-0.15, -0.1) is 11.3 Å². The van der Waals surface area contributed by atoms with Crippen molar-refractivity contribution in [3.8, 4) is 11.3 Å². The Morgan fingerprint density at radius 1 is 1.39 bits per heavy atom. The molecule has 0 unspecified atom stereocenters. The normalized spacial score (nSPS) is 10.6. The van der Waals surface area contributed by atoms with Crippen molar-refractivity contribution in [3.63, 3.8) is 0 Å². The molecule has 1 aromatic carbocycles. The second kappa shape index (κ2) is 6.25. The van der Waals surface area contributed by atoms with Gasteiger partial charge >= 0.3 is 0 Å². The predicted octanol–water partition coefficient (Wildman–Crippen LogP) is 4.48. The minimum Gasteiger partial charge on any atom is -0.300 e. The monoisotopic (exact) mass is 323 g/mol. The van der Waals surface area contributed by atoms with Crippen molar-refractivity contribution >= 4 is 33.0 Å². The third-order valence-electron chi connectivity index (χ3n) is 2.62. The molecule has 18 heavy (non-hydrogen) atoms. The van der Waals surface area contributed by atoms with Crippen LogP contribution in [0.5, 0.6) is 0 Å². The Labute approximate surface area is 119 Å². The molecule has 0 bridgehead atoms. The van der Waals surface area contributed by atoms with Gasteiger partial charge in [-0.2, -0.15) is 0 Å². The first kappa shape index (κ1) is 13.4. The Morgan fingerprint density at radius 3 is 2.89 bits per heavy atom. The zero-order valence-corrected chi connectivity index (χ0v) is 12.6. The number of ketones is 1. The maximum absolute atomic E-state index is 10.9. The number of hydrogen-bond donors (Lipinski definition) is 0. The van der Waals surface area contributed by atoms with E-state index in [0.29, 0.717) is 6.42 Å². The first-order valence-electron chi connectivity index (χ1n) is 5.85. The average molecular weight is 324 g/mol. The van der Waals surface area contributed by atoms with Crippen molar-refractivity contribution in [1.82, 2.24) is 4.98 Å². The number of aromatic nitrogens is 1. The summed E-state index contributed by atoms with van der Waals surface area (Å²) >= 11 is 5.20. The fourth-order valence-electron chi connectivity index (χ4n) is 1.71. The topological polar surface area (TPSA) is 30.0 Å². The standard InChI is InChI=1S/C14H14BrNOS/c1-10(17)5-4-8-14-16-13(9-18-14)11-6-2-3-7-12(11)15/h2-3,6-7,9H,4-5,8H2,1H3. The van der Waals surface area contributed by atoms with E-state index in [1.807, 2.05) is 18.2 Å². The van der Waals surface area contributed by atoms with E-state index in [1.54, 1.807) is 18.3 Å². The van der Waals surface area contributed by atoms with Crippen LogP contribution in [0.3, 0.4) is 0 Å². The molecule has 0 saturated heterocycles. The average Bonchev–Trinajstić information content (AvgIpc) is 2.78. The highest BCUT2D eigenvalue weighted by atomic mass is 79.9. The second-order valence-corrected chi connectivity index (χ2v) is 5.96. The number of carbonyl (C=O) groups excluding carboxylic acids is 1. The van der Waals surface area contributed by atoms with E-state index < -0.39 is 0 Å². The Kier molecular flexibility index (Phi) is 4.66. The molecular weight excluding hydrogens is 310 g/mol. The number of aryl methyl sites for hydroxylation is 1. The maximum Gasteiger partial charge on any atom is 0.129 e. The van der Waals surface area contributed by atoms with E-state index in [2.05, 4.69) is 32.4 Å². The number of Topliss-reactive ketones (excluding diaryl/α,β-unsaturated/α-hetero) is 1. The zero-order valence-electron chi connectivity index (χ0n) is 10.1. The number of rotatable bonds is 5. The van der Waals surface area contributed by atoms with Crippen molar-refractivity contribution in [2.24, 2.45) is 0 Å². The van der Waals surface area contributed by atoms with E-state index in [4.69, 9.17) is 0 Å². The molecule has 2 rings (SSSR count). The molecule has 4 heteroatoms. The summed E-state index contributed by atoms with van der Waals surface area (Å²) in [5.74, 6) is 0.248. The van der Waals surface area contributed by atoms with Crippen LogP contribution in [0.25, 0.3) is 11.3 Å². The highest BCUT2D eigenvalue weighted by Gasteiger charge is 2.07. The van der Waals surface area contributed by atoms with E-state index >= 15 is 0 Å². The van der Waals surface area contributed by atoms with Gasteiger partial charge < -0.3 is 4.79 Å². The molecule has 94 valence electrons. The Balaban J connectivity index is 2.06. The molecule has 0 aliphatic rings. The Hall–Kier alpha value is -1.000. The molecule has 2 aromatic rings. The van der Waals surface area contributed by atoms with Crippen molar-refractivity contribution in [2.75, 3.05) is 0 Å². The van der Waals surface area contributed by atoms with Crippen molar-refractivity contribution in [2.45, 2.75) is 26.2 Å². The summed E-state index contributed by atoms with van der Waals surface area (Å²) in [5, 5.41) is 3.17. The SMILES string of the molecule is CC(=O)CCCc1nc(-c2ccccc2Br)cs1. The first-order valence-corrected chi connectivity index (χ1v) is 7.53. The number of carbonyl (C=O) groups is 1. The summed E-state index contributed by atoms with van der Waals surface area (Å²) in [6, 6.07) is 8.07. The molecule has 2 nitrogen and oxygen atoms in total. The summed E-state index contributed by atoms with van der Waals surface area (Å²) in [7, 11) is 0. The number of nitrogens with zero attached hydrogens (tertiary/aromatic N) is 1. The van der Waals surface area contributed by atoms with E-state index in [1.165, 1.54) is 0 Å². The second-order valence-electron chi connectivity index (χ2n) is 4.16. The lowest BCUT2D eigenvalue weighted by molar-refractivity contribution is -0.117. The highest BCUT2D eigenvalue weighted by Crippen LogP contribution is 2.29. The van der Waals surface area contributed by atoms with Crippen LogP contribution in [0, 0.1) is 0 Å². The van der Waals surface area contributed by atoms with Crippen LogP contribution < -0.4 is 0 Å². The van der Waals surface area contributed by atoms with Crippen molar-refractivity contribution in [1.29, 1.82) is 0 Å². The van der Waals surface area contributed by atoms with Crippen molar-refractivity contribution in [3.05, 3.63) is 39.1 Å². The summed E-state index contributed by atoms with van der Waals surface area (Å²) < 4.78 is 1.06. The van der Waals surface area contributed by atoms with Crippen LogP contribution in [-0.4, -0.2) is 10.8 Å². The summed E-state index contributed by atoms with van der Waals surface area (Å²) in [6.45, 7) is 1.63. The largest absolute Gasteiger partial charge is 0.300 e. The number of benzene rings is 1. The molecule has 0 N–H and O–H groups in total. The fourth-order valence-corrected chi connectivity index (χ4v) is 3.04. The third kappa shape index (κ3) is 3.50. The number of thiazole rings is 1. The number of hydrogen-bond acceptors (Lipinski definition) is 3. The third-order valence-corrected chi connectivity index (χ3v) is 4.22. The van der Waals surface area contributed by atoms with Gasteiger partial charge in [-0.1, -0.05) is 34.1 Å². The van der Waals surface area contributed by atoms with Gasteiger partial charge in [-0.25, -0.2) is 4.98 Å². The first-order chi connectivity index (χ1) is 8.66. The van der Waals surface area contributed by atoms with Gasteiger partial charge in [0.1, 0.15) is 5.78 Å². The minimum atomic E-state index is 0.248.